The number of hydrogen-bond acceptors (Lipinski definition) is 7. The molecule has 2 rings (SSSR count). The Balaban J connectivity index is 1.92. The van der Waals surface area contributed by atoms with Crippen molar-refractivity contribution in [1.82, 2.24) is 15.1 Å². The highest BCUT2D eigenvalue weighted by atomic mass is 16.5. The number of β-amino-alcohol motifs (C(OH)–C–C–N with tert-alkyl or cyclic N) is 1. The highest BCUT2D eigenvalue weighted by Crippen LogP contribution is 2.25. The van der Waals surface area contributed by atoms with Crippen molar-refractivity contribution in [3.05, 3.63) is 23.8 Å². The number of hydrogen-bond donors (Lipinski definition) is 3. The number of carbonyl (C=O) groups is 1. The van der Waals surface area contributed by atoms with Crippen LogP contribution >= 0.6 is 0 Å². The SMILES string of the molecule is CNC(=O)CN(C)Cc1cc(OC)ccc1OC[C@H](O)CN1CCC(O)CC1. The van der Waals surface area contributed by atoms with E-state index >= 15 is 0 Å². The lowest BCUT2D eigenvalue weighted by atomic mass is 10.1. The Morgan fingerprint density at radius 3 is 2.75 bits per heavy atom. The summed E-state index contributed by atoms with van der Waals surface area (Å²) in [6, 6.07) is 5.52. The number of nitrogens with zero attached hydrogens (tertiary/aromatic N) is 2. The van der Waals surface area contributed by atoms with Gasteiger partial charge in [-0.05, 0) is 38.1 Å². The molecule has 1 saturated heterocycles. The lowest BCUT2D eigenvalue weighted by molar-refractivity contribution is -0.121. The normalized spacial score (nSPS) is 16.8. The van der Waals surface area contributed by atoms with Crippen molar-refractivity contribution in [1.29, 1.82) is 0 Å². The van der Waals surface area contributed by atoms with Gasteiger partial charge in [-0.25, -0.2) is 0 Å². The lowest BCUT2D eigenvalue weighted by Gasteiger charge is -2.31. The third-order valence-electron chi connectivity index (χ3n) is 4.86. The zero-order valence-corrected chi connectivity index (χ0v) is 17.1. The number of ether oxygens (including phenoxy) is 2. The number of methoxy groups -OCH3 is 1. The van der Waals surface area contributed by atoms with Crippen molar-refractivity contribution in [3.8, 4) is 11.5 Å². The molecule has 28 heavy (non-hydrogen) atoms. The van der Waals surface area contributed by atoms with Crippen LogP contribution in [-0.4, -0.2) is 92.1 Å². The van der Waals surface area contributed by atoms with E-state index in [1.165, 1.54) is 0 Å². The largest absolute Gasteiger partial charge is 0.497 e. The molecule has 0 radical (unpaired) electrons. The van der Waals surface area contributed by atoms with Gasteiger partial charge in [0, 0.05) is 38.8 Å². The highest BCUT2D eigenvalue weighted by Gasteiger charge is 2.20. The van der Waals surface area contributed by atoms with E-state index < -0.39 is 6.10 Å². The minimum atomic E-state index is -0.617. The van der Waals surface area contributed by atoms with Crippen molar-refractivity contribution in [2.45, 2.75) is 31.6 Å². The van der Waals surface area contributed by atoms with Gasteiger partial charge in [0.05, 0.1) is 19.8 Å². The van der Waals surface area contributed by atoms with Crippen LogP contribution < -0.4 is 14.8 Å². The number of carbonyl (C=O) groups excluding carboxylic acids is 1. The maximum Gasteiger partial charge on any atom is 0.233 e. The molecule has 0 saturated carbocycles. The summed E-state index contributed by atoms with van der Waals surface area (Å²) in [4.78, 5) is 15.6. The van der Waals surface area contributed by atoms with Gasteiger partial charge in [-0.1, -0.05) is 0 Å². The average molecular weight is 396 g/mol. The van der Waals surface area contributed by atoms with Gasteiger partial charge < -0.3 is 29.9 Å². The van der Waals surface area contributed by atoms with Crippen LogP contribution in [0.1, 0.15) is 18.4 Å². The molecule has 1 heterocycles. The van der Waals surface area contributed by atoms with E-state index in [1.807, 2.05) is 30.1 Å². The maximum absolute atomic E-state index is 11.6. The first kappa shape index (κ1) is 22.4. The summed E-state index contributed by atoms with van der Waals surface area (Å²) >= 11 is 0. The zero-order valence-electron chi connectivity index (χ0n) is 17.1. The summed E-state index contributed by atoms with van der Waals surface area (Å²) < 4.78 is 11.2. The minimum Gasteiger partial charge on any atom is -0.497 e. The summed E-state index contributed by atoms with van der Waals surface area (Å²) in [5, 5.41) is 22.5. The molecule has 1 aromatic rings. The Hall–Kier alpha value is -1.87. The number of aliphatic hydroxyl groups excluding tert-OH is 2. The maximum atomic E-state index is 11.6. The molecular formula is C20H33N3O5. The topological polar surface area (TPSA) is 94.5 Å². The zero-order chi connectivity index (χ0) is 20.5. The first-order valence-electron chi connectivity index (χ1n) is 9.68. The van der Waals surface area contributed by atoms with E-state index in [4.69, 9.17) is 9.47 Å². The summed E-state index contributed by atoms with van der Waals surface area (Å²) in [6.45, 7) is 3.07. The van der Waals surface area contributed by atoms with Crippen LogP contribution in [0.15, 0.2) is 18.2 Å². The van der Waals surface area contributed by atoms with Crippen molar-refractivity contribution in [2.24, 2.45) is 0 Å². The standard InChI is InChI=1S/C20H33N3O5/c1-21-20(26)13-22(2)11-15-10-18(27-3)4-5-19(15)28-14-17(25)12-23-8-6-16(24)7-9-23/h4-5,10,16-17,24-25H,6-9,11-14H2,1-3H3,(H,21,26)/t17-/m1/s1. The Morgan fingerprint density at radius 1 is 1.39 bits per heavy atom. The molecule has 158 valence electrons. The number of piperidine rings is 1. The predicted octanol–water partition coefficient (Wildman–Crippen LogP) is 0.0694. The Kier molecular flexibility index (Phi) is 8.98. The summed E-state index contributed by atoms with van der Waals surface area (Å²) in [5.41, 5.74) is 0.888. The molecule has 1 atom stereocenters. The number of rotatable bonds is 10. The molecular weight excluding hydrogens is 362 g/mol. The molecule has 1 amide bonds. The second kappa shape index (κ2) is 11.2. The van der Waals surface area contributed by atoms with Gasteiger partial charge in [-0.2, -0.15) is 0 Å². The van der Waals surface area contributed by atoms with Crippen LogP contribution in [0, 0.1) is 0 Å². The monoisotopic (exact) mass is 395 g/mol. The van der Waals surface area contributed by atoms with Gasteiger partial charge >= 0.3 is 0 Å². The van der Waals surface area contributed by atoms with E-state index in [-0.39, 0.29) is 25.2 Å². The Morgan fingerprint density at radius 2 is 2.11 bits per heavy atom. The first-order chi connectivity index (χ1) is 13.4. The molecule has 0 aromatic heterocycles. The molecule has 1 aromatic carbocycles. The van der Waals surface area contributed by atoms with Crippen molar-refractivity contribution in [2.75, 3.05) is 54.0 Å². The number of aliphatic hydroxyl groups is 2. The lowest BCUT2D eigenvalue weighted by Crippen LogP contribution is -2.41. The second-order valence-corrected chi connectivity index (χ2v) is 7.32. The molecule has 3 N–H and O–H groups in total. The van der Waals surface area contributed by atoms with Crippen LogP contribution in [0.2, 0.25) is 0 Å². The van der Waals surface area contributed by atoms with Crippen molar-refractivity contribution < 1.29 is 24.5 Å². The Bertz CT molecular complexity index is 620. The van der Waals surface area contributed by atoms with Crippen LogP contribution in [0.25, 0.3) is 0 Å². The fourth-order valence-electron chi connectivity index (χ4n) is 3.26. The van der Waals surface area contributed by atoms with Gasteiger partial charge in [0.25, 0.3) is 0 Å². The summed E-state index contributed by atoms with van der Waals surface area (Å²) in [6.07, 6.45) is 0.647. The molecule has 0 spiro atoms. The van der Waals surface area contributed by atoms with Crippen molar-refractivity contribution in [3.63, 3.8) is 0 Å². The van der Waals surface area contributed by atoms with Crippen LogP contribution in [0.3, 0.4) is 0 Å². The number of amides is 1. The predicted molar refractivity (Wildman–Crippen MR) is 107 cm³/mol. The van der Waals surface area contributed by atoms with Crippen LogP contribution in [-0.2, 0) is 11.3 Å². The number of nitrogens with one attached hydrogen (secondary N) is 1. The molecule has 8 nitrogen and oxygen atoms in total. The number of benzene rings is 1. The fourth-order valence-corrected chi connectivity index (χ4v) is 3.26. The third kappa shape index (κ3) is 7.27. The van der Waals surface area contributed by atoms with Gasteiger partial charge in [0.1, 0.15) is 24.2 Å². The molecule has 0 aliphatic carbocycles. The molecule has 0 bridgehead atoms. The quantitative estimate of drug-likeness (QED) is 0.516. The summed E-state index contributed by atoms with van der Waals surface area (Å²) in [7, 11) is 5.08. The molecule has 0 unspecified atom stereocenters. The molecule has 8 heteroatoms. The molecule has 1 aliphatic rings. The first-order valence-corrected chi connectivity index (χ1v) is 9.68. The van der Waals surface area contributed by atoms with E-state index in [9.17, 15) is 15.0 Å². The number of likely N-dealkylation sites (tertiary alicyclic amines) is 1. The van der Waals surface area contributed by atoms with E-state index in [1.54, 1.807) is 14.2 Å². The van der Waals surface area contributed by atoms with E-state index in [0.29, 0.717) is 24.6 Å². The van der Waals surface area contributed by atoms with Crippen LogP contribution in [0.5, 0.6) is 11.5 Å². The Labute approximate surface area is 167 Å². The van der Waals surface area contributed by atoms with Gasteiger partial charge in [0.15, 0.2) is 0 Å². The smallest absolute Gasteiger partial charge is 0.233 e. The van der Waals surface area contributed by atoms with Crippen molar-refractivity contribution >= 4 is 5.91 Å². The second-order valence-electron chi connectivity index (χ2n) is 7.32. The number of likely N-dealkylation sites (N-methyl/N-ethyl adjacent to an activating group) is 2. The van der Waals surface area contributed by atoms with Gasteiger partial charge in [-0.15, -0.1) is 0 Å². The average Bonchev–Trinajstić information content (AvgIpc) is 2.68. The van der Waals surface area contributed by atoms with E-state index in [2.05, 4.69) is 10.2 Å². The fraction of sp³-hybridized carbons (Fsp3) is 0.650. The van der Waals surface area contributed by atoms with E-state index in [0.717, 1.165) is 31.5 Å². The minimum absolute atomic E-state index is 0.0602. The third-order valence-corrected chi connectivity index (χ3v) is 4.86. The van der Waals surface area contributed by atoms with Gasteiger partial charge in [0.2, 0.25) is 5.91 Å². The highest BCUT2D eigenvalue weighted by molar-refractivity contribution is 5.77. The molecule has 1 fully saturated rings. The van der Waals surface area contributed by atoms with Crippen LogP contribution in [0.4, 0.5) is 0 Å². The van der Waals surface area contributed by atoms with Gasteiger partial charge in [-0.3, -0.25) is 9.69 Å². The summed E-state index contributed by atoms with van der Waals surface area (Å²) in [5.74, 6) is 1.32. The molecule has 1 aliphatic heterocycles.